The summed E-state index contributed by atoms with van der Waals surface area (Å²) in [6.45, 7) is 0.0602. The minimum atomic E-state index is -1.58. The van der Waals surface area contributed by atoms with Gasteiger partial charge in [0.2, 0.25) is 0 Å². The van der Waals surface area contributed by atoms with E-state index in [0.717, 1.165) is 0 Å². The summed E-state index contributed by atoms with van der Waals surface area (Å²) in [5.74, 6) is 0.208. The van der Waals surface area contributed by atoms with Gasteiger partial charge < -0.3 is 19.5 Å². The fourth-order valence-corrected chi connectivity index (χ4v) is 1.79. The summed E-state index contributed by atoms with van der Waals surface area (Å²) in [5, 5.41) is 18.3. The number of ether oxygens (including phenoxy) is 2. The van der Waals surface area contributed by atoms with Gasteiger partial charge in [-0.1, -0.05) is 24.3 Å². The Balaban J connectivity index is 2.19. The molecule has 104 valence electrons. The number of methoxy groups -OCH3 is 1. The van der Waals surface area contributed by atoms with Gasteiger partial charge in [0.25, 0.3) is 0 Å². The molecule has 2 aromatic carbocycles. The first-order chi connectivity index (χ1) is 9.61. The summed E-state index contributed by atoms with van der Waals surface area (Å²) in [5.41, 5.74) is 0.916. The van der Waals surface area contributed by atoms with E-state index in [-0.39, 0.29) is 12.4 Å². The molecular formula is C14H14BFO4. The average molecular weight is 276 g/mol. The zero-order chi connectivity index (χ0) is 14.5. The van der Waals surface area contributed by atoms with Gasteiger partial charge in [0, 0.05) is 5.56 Å². The Morgan fingerprint density at radius 2 is 1.85 bits per heavy atom. The van der Waals surface area contributed by atoms with Crippen molar-refractivity contribution in [3.63, 3.8) is 0 Å². The largest absolute Gasteiger partial charge is 0.496 e. The van der Waals surface area contributed by atoms with Crippen LogP contribution in [0.2, 0.25) is 0 Å². The van der Waals surface area contributed by atoms with Crippen LogP contribution in [0.3, 0.4) is 0 Å². The Labute approximate surface area is 116 Å². The predicted octanol–water partition coefficient (Wildman–Crippen LogP) is 1.09. The van der Waals surface area contributed by atoms with E-state index in [4.69, 9.17) is 19.5 Å². The highest BCUT2D eigenvalue weighted by molar-refractivity contribution is 6.58. The van der Waals surface area contributed by atoms with Gasteiger partial charge in [-0.05, 0) is 23.7 Å². The molecule has 2 rings (SSSR count). The molecule has 0 spiro atoms. The van der Waals surface area contributed by atoms with Crippen LogP contribution in [-0.2, 0) is 6.61 Å². The zero-order valence-corrected chi connectivity index (χ0v) is 10.9. The Bertz CT molecular complexity index is 589. The monoisotopic (exact) mass is 276 g/mol. The second kappa shape index (κ2) is 6.41. The van der Waals surface area contributed by atoms with Crippen LogP contribution in [0.4, 0.5) is 4.39 Å². The summed E-state index contributed by atoms with van der Waals surface area (Å²) in [4.78, 5) is 0. The first-order valence-corrected chi connectivity index (χ1v) is 6.02. The van der Waals surface area contributed by atoms with Gasteiger partial charge >= 0.3 is 7.12 Å². The SMILES string of the molecule is COc1ccc(B(O)O)cc1COc1ccccc1F. The minimum absolute atomic E-state index is 0.0602. The summed E-state index contributed by atoms with van der Waals surface area (Å²) >= 11 is 0. The Morgan fingerprint density at radius 3 is 2.50 bits per heavy atom. The van der Waals surface area contributed by atoms with E-state index in [1.807, 2.05) is 0 Å². The molecule has 4 nitrogen and oxygen atoms in total. The van der Waals surface area contributed by atoms with E-state index in [1.54, 1.807) is 24.3 Å². The summed E-state index contributed by atoms with van der Waals surface area (Å²) in [6, 6.07) is 10.8. The van der Waals surface area contributed by atoms with Crippen molar-refractivity contribution in [3.8, 4) is 11.5 Å². The third-order valence-corrected chi connectivity index (χ3v) is 2.82. The summed E-state index contributed by atoms with van der Waals surface area (Å²) < 4.78 is 24.0. The van der Waals surface area contributed by atoms with Crippen molar-refractivity contribution in [2.24, 2.45) is 0 Å². The first-order valence-electron chi connectivity index (χ1n) is 6.02. The molecule has 0 fully saturated rings. The second-order valence-electron chi connectivity index (χ2n) is 4.16. The lowest BCUT2D eigenvalue weighted by Crippen LogP contribution is -2.30. The quantitative estimate of drug-likeness (QED) is 0.803. The van der Waals surface area contributed by atoms with Crippen molar-refractivity contribution >= 4 is 12.6 Å². The van der Waals surface area contributed by atoms with E-state index < -0.39 is 12.9 Å². The molecule has 6 heteroatoms. The van der Waals surface area contributed by atoms with Gasteiger partial charge in [0.05, 0.1) is 7.11 Å². The van der Waals surface area contributed by atoms with Gasteiger partial charge in [-0.3, -0.25) is 0 Å². The second-order valence-corrected chi connectivity index (χ2v) is 4.16. The van der Waals surface area contributed by atoms with Crippen LogP contribution < -0.4 is 14.9 Å². The molecule has 0 aliphatic carbocycles. The maximum Gasteiger partial charge on any atom is 0.488 e. The van der Waals surface area contributed by atoms with Crippen molar-refractivity contribution < 1.29 is 23.9 Å². The third kappa shape index (κ3) is 3.29. The molecule has 0 heterocycles. The number of hydrogen-bond acceptors (Lipinski definition) is 4. The lowest BCUT2D eigenvalue weighted by Gasteiger charge is -2.12. The van der Waals surface area contributed by atoms with Crippen LogP contribution >= 0.6 is 0 Å². The summed E-state index contributed by atoms with van der Waals surface area (Å²) in [7, 11) is -0.0788. The maximum atomic E-state index is 13.4. The molecule has 2 N–H and O–H groups in total. The van der Waals surface area contributed by atoms with E-state index in [1.165, 1.54) is 25.3 Å². The molecule has 0 aliphatic heterocycles. The molecule has 0 amide bonds. The van der Waals surface area contributed by atoms with Crippen LogP contribution in [0.5, 0.6) is 11.5 Å². The Morgan fingerprint density at radius 1 is 1.10 bits per heavy atom. The molecule has 0 unspecified atom stereocenters. The van der Waals surface area contributed by atoms with Crippen molar-refractivity contribution in [2.45, 2.75) is 6.61 Å². The van der Waals surface area contributed by atoms with Crippen molar-refractivity contribution in [2.75, 3.05) is 7.11 Å². The molecule has 2 aromatic rings. The lowest BCUT2D eigenvalue weighted by atomic mass is 9.79. The number of benzene rings is 2. The standard InChI is InChI=1S/C14H14BFO4/c1-19-13-7-6-11(15(17)18)8-10(13)9-20-14-5-3-2-4-12(14)16/h2-8,17-18H,9H2,1H3. The van der Waals surface area contributed by atoms with Gasteiger partial charge in [0.1, 0.15) is 12.4 Å². The van der Waals surface area contributed by atoms with Crippen molar-refractivity contribution in [1.82, 2.24) is 0 Å². The normalized spacial score (nSPS) is 10.2. The van der Waals surface area contributed by atoms with E-state index in [9.17, 15) is 4.39 Å². The number of halogens is 1. The van der Waals surface area contributed by atoms with E-state index >= 15 is 0 Å². The highest BCUT2D eigenvalue weighted by Gasteiger charge is 2.14. The highest BCUT2D eigenvalue weighted by Crippen LogP contribution is 2.21. The number of para-hydroxylation sites is 1. The molecule has 0 bridgehead atoms. The van der Waals surface area contributed by atoms with Gasteiger partial charge in [-0.2, -0.15) is 0 Å². The van der Waals surface area contributed by atoms with Crippen LogP contribution in [-0.4, -0.2) is 24.3 Å². The zero-order valence-electron chi connectivity index (χ0n) is 10.9. The fraction of sp³-hybridized carbons (Fsp3) is 0.143. The molecule has 0 atom stereocenters. The molecule has 0 radical (unpaired) electrons. The smallest absolute Gasteiger partial charge is 0.488 e. The molecule has 0 saturated carbocycles. The topological polar surface area (TPSA) is 58.9 Å². The fourth-order valence-electron chi connectivity index (χ4n) is 1.79. The third-order valence-electron chi connectivity index (χ3n) is 2.82. The Kier molecular flexibility index (Phi) is 4.60. The van der Waals surface area contributed by atoms with Gasteiger partial charge in [-0.25, -0.2) is 4.39 Å². The van der Waals surface area contributed by atoms with Gasteiger partial charge in [-0.15, -0.1) is 0 Å². The maximum absolute atomic E-state index is 13.4. The van der Waals surface area contributed by atoms with Crippen LogP contribution in [0.25, 0.3) is 0 Å². The van der Waals surface area contributed by atoms with Crippen LogP contribution in [0.15, 0.2) is 42.5 Å². The predicted molar refractivity (Wildman–Crippen MR) is 73.6 cm³/mol. The molecule has 20 heavy (non-hydrogen) atoms. The summed E-state index contributed by atoms with van der Waals surface area (Å²) in [6.07, 6.45) is 0. The minimum Gasteiger partial charge on any atom is -0.496 e. The van der Waals surface area contributed by atoms with Crippen LogP contribution in [0, 0.1) is 5.82 Å². The number of rotatable bonds is 5. The van der Waals surface area contributed by atoms with Crippen molar-refractivity contribution in [3.05, 3.63) is 53.8 Å². The van der Waals surface area contributed by atoms with E-state index in [2.05, 4.69) is 0 Å². The Hall–Kier alpha value is -2.05. The van der Waals surface area contributed by atoms with Gasteiger partial charge in [0.15, 0.2) is 11.6 Å². The lowest BCUT2D eigenvalue weighted by molar-refractivity contribution is 0.282. The first kappa shape index (κ1) is 14.4. The molecular weight excluding hydrogens is 262 g/mol. The average Bonchev–Trinajstić information content (AvgIpc) is 2.46. The number of hydrogen-bond donors (Lipinski definition) is 2. The van der Waals surface area contributed by atoms with E-state index in [0.29, 0.717) is 16.8 Å². The van der Waals surface area contributed by atoms with Crippen molar-refractivity contribution in [1.29, 1.82) is 0 Å². The molecule has 0 aromatic heterocycles. The molecule has 0 saturated heterocycles. The highest BCUT2D eigenvalue weighted by atomic mass is 19.1. The van der Waals surface area contributed by atoms with Crippen LogP contribution in [0.1, 0.15) is 5.56 Å². The molecule has 0 aliphatic rings.